The second-order valence-electron chi connectivity index (χ2n) is 4.14. The zero-order chi connectivity index (χ0) is 14.7. The maximum Gasteiger partial charge on any atom is 0.201 e. The number of aliphatic hydroxyl groups is 3. The lowest BCUT2D eigenvalue weighted by molar-refractivity contribution is -0.169. The fourth-order valence-electron chi connectivity index (χ4n) is 1.29. The molecule has 0 aromatic rings. The molecule has 0 saturated heterocycles. The third kappa shape index (κ3) is 3.52. The Labute approximate surface area is 103 Å². The average molecular weight is 260 g/mol. The van der Waals surface area contributed by atoms with Gasteiger partial charge in [0.25, 0.3) is 0 Å². The van der Waals surface area contributed by atoms with Gasteiger partial charge < -0.3 is 15.3 Å². The maximum atomic E-state index is 11.3. The van der Waals surface area contributed by atoms with Gasteiger partial charge in [0.05, 0.1) is 6.42 Å². The first-order chi connectivity index (χ1) is 8.04. The summed E-state index contributed by atoms with van der Waals surface area (Å²) in [5, 5.41) is 28.8. The van der Waals surface area contributed by atoms with Gasteiger partial charge in [0, 0.05) is 6.92 Å². The van der Waals surface area contributed by atoms with Crippen molar-refractivity contribution in [2.24, 2.45) is 0 Å². The molecule has 0 saturated carbocycles. The number of aliphatic hydroxyl groups excluding tert-OH is 2. The summed E-state index contributed by atoms with van der Waals surface area (Å²) in [6, 6.07) is 0. The zero-order valence-corrected chi connectivity index (χ0v) is 10.3. The minimum Gasteiger partial charge on any atom is -0.386 e. The van der Waals surface area contributed by atoms with Gasteiger partial charge in [-0.3, -0.25) is 19.2 Å². The van der Waals surface area contributed by atoms with Crippen LogP contribution in [0.4, 0.5) is 0 Å². The molecule has 0 rings (SSSR count). The summed E-state index contributed by atoms with van der Waals surface area (Å²) >= 11 is 0. The predicted molar refractivity (Wildman–Crippen MR) is 58.6 cm³/mol. The molecule has 0 fully saturated rings. The number of carbonyl (C=O) groups excluding carboxylic acids is 4. The first-order valence-electron chi connectivity index (χ1n) is 5.17. The highest BCUT2D eigenvalue weighted by Gasteiger charge is 2.47. The Morgan fingerprint density at radius 2 is 1.50 bits per heavy atom. The van der Waals surface area contributed by atoms with E-state index >= 15 is 0 Å². The van der Waals surface area contributed by atoms with E-state index in [1.165, 1.54) is 0 Å². The molecule has 0 amide bonds. The van der Waals surface area contributed by atoms with Crippen molar-refractivity contribution in [3.8, 4) is 0 Å². The normalized spacial score (nSPS) is 17.4. The molecule has 0 aliphatic heterocycles. The van der Waals surface area contributed by atoms with Gasteiger partial charge >= 0.3 is 0 Å². The van der Waals surface area contributed by atoms with Crippen LogP contribution in [0.3, 0.4) is 0 Å². The molecule has 0 aromatic heterocycles. The highest BCUT2D eigenvalue weighted by Crippen LogP contribution is 2.21. The number of hydrogen-bond donors (Lipinski definition) is 3. The largest absolute Gasteiger partial charge is 0.386 e. The summed E-state index contributed by atoms with van der Waals surface area (Å²) in [4.78, 5) is 44.2. The molecule has 18 heavy (non-hydrogen) atoms. The number of rotatable bonds is 7. The topological polar surface area (TPSA) is 129 Å². The zero-order valence-electron chi connectivity index (χ0n) is 10.3. The van der Waals surface area contributed by atoms with Crippen LogP contribution in [0.2, 0.25) is 0 Å². The van der Waals surface area contributed by atoms with E-state index in [2.05, 4.69) is 0 Å². The highest BCUT2D eigenvalue weighted by atomic mass is 16.4. The van der Waals surface area contributed by atoms with Crippen molar-refractivity contribution >= 4 is 23.1 Å². The first kappa shape index (κ1) is 16.6. The van der Waals surface area contributed by atoms with Gasteiger partial charge in [-0.2, -0.15) is 0 Å². The van der Waals surface area contributed by atoms with Gasteiger partial charge in [-0.1, -0.05) is 0 Å². The van der Waals surface area contributed by atoms with Crippen LogP contribution in [0.5, 0.6) is 0 Å². The van der Waals surface area contributed by atoms with Crippen LogP contribution >= 0.6 is 0 Å². The Morgan fingerprint density at radius 1 is 1.06 bits per heavy atom. The van der Waals surface area contributed by atoms with E-state index in [0.717, 1.165) is 20.8 Å². The molecule has 102 valence electrons. The molecule has 0 radical (unpaired) electrons. The molecular formula is C11H16O7. The van der Waals surface area contributed by atoms with Crippen molar-refractivity contribution in [1.29, 1.82) is 0 Å². The van der Waals surface area contributed by atoms with E-state index in [-0.39, 0.29) is 0 Å². The summed E-state index contributed by atoms with van der Waals surface area (Å²) < 4.78 is 0. The van der Waals surface area contributed by atoms with E-state index in [1.807, 2.05) is 0 Å². The number of Topliss-reactive ketones (excluding diaryl/α,β-unsaturated/α-hetero) is 4. The van der Waals surface area contributed by atoms with E-state index in [4.69, 9.17) is 0 Å². The predicted octanol–water partition coefficient (Wildman–Crippen LogP) is -1.83. The molecular weight excluding hydrogens is 244 g/mol. The van der Waals surface area contributed by atoms with Crippen LogP contribution in [-0.2, 0) is 19.2 Å². The van der Waals surface area contributed by atoms with Gasteiger partial charge in [-0.05, 0) is 13.8 Å². The Balaban J connectivity index is 5.27. The van der Waals surface area contributed by atoms with E-state index in [9.17, 15) is 34.5 Å². The summed E-state index contributed by atoms with van der Waals surface area (Å²) in [5.41, 5.74) is -2.66. The monoisotopic (exact) mass is 260 g/mol. The van der Waals surface area contributed by atoms with Gasteiger partial charge in [0.1, 0.15) is 12.2 Å². The first-order valence-corrected chi connectivity index (χ1v) is 5.17. The van der Waals surface area contributed by atoms with Crippen molar-refractivity contribution in [3.63, 3.8) is 0 Å². The Bertz CT molecular complexity index is 387. The van der Waals surface area contributed by atoms with Gasteiger partial charge in [-0.15, -0.1) is 0 Å². The van der Waals surface area contributed by atoms with E-state index < -0.39 is 47.4 Å². The minimum absolute atomic E-state index is 0.877. The summed E-state index contributed by atoms with van der Waals surface area (Å²) in [6.45, 7) is 2.77. The summed E-state index contributed by atoms with van der Waals surface area (Å²) in [5.74, 6) is -3.89. The molecule has 0 bridgehead atoms. The molecule has 1 unspecified atom stereocenters. The third-order valence-electron chi connectivity index (χ3n) is 2.64. The maximum absolute atomic E-state index is 11.3. The number of carbonyl (C=O) groups is 4. The second kappa shape index (κ2) is 5.94. The van der Waals surface area contributed by atoms with Crippen molar-refractivity contribution in [2.75, 3.05) is 0 Å². The molecule has 3 atom stereocenters. The molecule has 7 nitrogen and oxygen atoms in total. The molecule has 0 aliphatic rings. The highest BCUT2D eigenvalue weighted by molar-refractivity contribution is 6.36. The van der Waals surface area contributed by atoms with E-state index in [0.29, 0.717) is 0 Å². The Hall–Kier alpha value is -1.44. The van der Waals surface area contributed by atoms with Crippen LogP contribution in [0.25, 0.3) is 0 Å². The number of ketones is 4. The molecule has 0 spiro atoms. The molecule has 0 aliphatic carbocycles. The quantitative estimate of drug-likeness (QED) is 0.459. The van der Waals surface area contributed by atoms with Crippen LogP contribution in [0, 0.1) is 0 Å². The fraction of sp³-hybridized carbons (Fsp3) is 0.636. The summed E-state index contributed by atoms with van der Waals surface area (Å²) in [7, 11) is 0. The van der Waals surface area contributed by atoms with Gasteiger partial charge in [0.15, 0.2) is 23.0 Å². The van der Waals surface area contributed by atoms with Crippen molar-refractivity contribution < 1.29 is 34.5 Å². The van der Waals surface area contributed by atoms with Gasteiger partial charge in [0.2, 0.25) is 5.78 Å². The lowest BCUT2D eigenvalue weighted by Crippen LogP contribution is -2.57. The standard InChI is InChI=1S/C11H16O7/c1-5(12)8(15)4-11(18,7(3)14)10(17)9(16)6(2)13/h9-10,16-18H,4H2,1-3H3/t9?,10-,11-/m1/s1. The van der Waals surface area contributed by atoms with Crippen molar-refractivity contribution in [3.05, 3.63) is 0 Å². The Kier molecular flexibility index (Phi) is 5.47. The molecule has 0 heterocycles. The van der Waals surface area contributed by atoms with Crippen LogP contribution < -0.4 is 0 Å². The summed E-state index contributed by atoms with van der Waals surface area (Å²) in [6.07, 6.45) is -5.17. The smallest absolute Gasteiger partial charge is 0.201 e. The van der Waals surface area contributed by atoms with Gasteiger partial charge in [-0.25, -0.2) is 0 Å². The second-order valence-corrected chi connectivity index (χ2v) is 4.14. The van der Waals surface area contributed by atoms with Crippen LogP contribution in [0.1, 0.15) is 27.2 Å². The Morgan fingerprint density at radius 3 is 1.78 bits per heavy atom. The van der Waals surface area contributed by atoms with E-state index in [1.54, 1.807) is 0 Å². The fourth-order valence-corrected chi connectivity index (χ4v) is 1.29. The van der Waals surface area contributed by atoms with Crippen molar-refractivity contribution in [1.82, 2.24) is 0 Å². The van der Waals surface area contributed by atoms with Crippen molar-refractivity contribution in [2.45, 2.75) is 45.0 Å². The third-order valence-corrected chi connectivity index (χ3v) is 2.64. The van der Waals surface area contributed by atoms with Crippen LogP contribution in [-0.4, -0.2) is 56.3 Å². The molecule has 7 heteroatoms. The number of hydrogen-bond acceptors (Lipinski definition) is 7. The van der Waals surface area contributed by atoms with Crippen LogP contribution in [0.15, 0.2) is 0 Å². The average Bonchev–Trinajstić information content (AvgIpc) is 2.25. The SMILES string of the molecule is CC(=O)C(=O)C[C@@](O)(C(C)=O)[C@H](O)C(O)C(C)=O. The lowest BCUT2D eigenvalue weighted by Gasteiger charge is -2.31. The molecule has 0 aromatic carbocycles. The lowest BCUT2D eigenvalue weighted by atomic mass is 9.83. The minimum atomic E-state index is -2.66. The molecule has 3 N–H and O–H groups in total.